The molecule has 0 N–H and O–H groups in total. The highest BCUT2D eigenvalue weighted by atomic mass is 16.5. The van der Waals surface area contributed by atoms with E-state index in [0.29, 0.717) is 49.1 Å². The van der Waals surface area contributed by atoms with E-state index < -0.39 is 0 Å². The first-order chi connectivity index (χ1) is 22.7. The van der Waals surface area contributed by atoms with Gasteiger partial charge >= 0.3 is 0 Å². The molecule has 1 aliphatic rings. The van der Waals surface area contributed by atoms with Gasteiger partial charge in [0.1, 0.15) is 19.5 Å². The van der Waals surface area contributed by atoms with E-state index in [1.165, 1.54) is 11.9 Å². The Bertz CT molecular complexity index is 1820. The molecule has 46 heavy (non-hydrogen) atoms. The average molecular weight is 613 g/mol. The fraction of sp³-hybridized carbons (Fsp3) is 0.237. The first-order valence-corrected chi connectivity index (χ1v) is 15.5. The Balaban J connectivity index is 1.11. The standard InChI is InChI=1S/C38H36N4O4/c43-36-25-31(14-11-30-12-15-32(16-13-30)26-41-21-23-44-24-22-41)17-19-42(36)20-18-35-37(45-27-33-7-3-1-4-8-33)38(40-29-39-35)46-28-34-9-5-2-6-10-34/h1-10,12-13,15-17,19,25,29H,18,20-24,26-28H2. The summed E-state index contributed by atoms with van der Waals surface area (Å²) < 4.78 is 19.4. The predicted molar refractivity (Wildman–Crippen MR) is 177 cm³/mol. The number of benzene rings is 3. The molecule has 5 aromatic rings. The van der Waals surface area contributed by atoms with Gasteiger partial charge in [0.15, 0.2) is 0 Å². The molecular weight excluding hydrogens is 576 g/mol. The third-order valence-electron chi connectivity index (χ3n) is 7.69. The molecule has 0 radical (unpaired) electrons. The molecule has 2 aromatic heterocycles. The molecule has 8 heteroatoms. The molecule has 0 unspecified atom stereocenters. The lowest BCUT2D eigenvalue weighted by Crippen LogP contribution is -2.35. The summed E-state index contributed by atoms with van der Waals surface area (Å²) in [7, 11) is 0. The fourth-order valence-electron chi connectivity index (χ4n) is 5.13. The Morgan fingerprint density at radius 2 is 1.41 bits per heavy atom. The van der Waals surface area contributed by atoms with Gasteiger partial charge in [-0.15, -0.1) is 0 Å². The third kappa shape index (κ3) is 8.69. The number of nitrogens with zero attached hydrogens (tertiary/aromatic N) is 4. The highest BCUT2D eigenvalue weighted by Crippen LogP contribution is 2.29. The summed E-state index contributed by atoms with van der Waals surface area (Å²) in [5.74, 6) is 7.17. The zero-order chi connectivity index (χ0) is 31.4. The van der Waals surface area contributed by atoms with Crippen LogP contribution in [0.5, 0.6) is 11.6 Å². The first kappa shape index (κ1) is 30.8. The van der Waals surface area contributed by atoms with Gasteiger partial charge in [0.25, 0.3) is 11.4 Å². The van der Waals surface area contributed by atoms with Crippen molar-refractivity contribution >= 4 is 0 Å². The summed E-state index contributed by atoms with van der Waals surface area (Å²) in [6.07, 6.45) is 3.70. The minimum Gasteiger partial charge on any atom is -0.482 e. The largest absolute Gasteiger partial charge is 0.482 e. The Kier molecular flexibility index (Phi) is 10.5. The summed E-state index contributed by atoms with van der Waals surface area (Å²) in [5, 5.41) is 0. The van der Waals surface area contributed by atoms with Crippen molar-refractivity contribution in [3.8, 4) is 23.5 Å². The molecule has 0 amide bonds. The maximum Gasteiger partial charge on any atom is 0.260 e. The predicted octanol–water partition coefficient (Wildman–Crippen LogP) is 5.27. The summed E-state index contributed by atoms with van der Waals surface area (Å²) >= 11 is 0. The second-order valence-corrected chi connectivity index (χ2v) is 11.0. The van der Waals surface area contributed by atoms with Gasteiger partial charge in [0, 0.05) is 56.0 Å². The molecule has 232 valence electrons. The van der Waals surface area contributed by atoms with Crippen molar-refractivity contribution in [3.63, 3.8) is 0 Å². The molecular formula is C38H36N4O4. The fourth-order valence-corrected chi connectivity index (χ4v) is 5.13. The van der Waals surface area contributed by atoms with Gasteiger partial charge in [-0.25, -0.2) is 4.98 Å². The number of rotatable bonds is 11. The van der Waals surface area contributed by atoms with E-state index in [0.717, 1.165) is 49.5 Å². The van der Waals surface area contributed by atoms with Crippen LogP contribution in [0.25, 0.3) is 0 Å². The van der Waals surface area contributed by atoms with E-state index in [1.54, 1.807) is 16.8 Å². The zero-order valence-electron chi connectivity index (χ0n) is 25.7. The summed E-state index contributed by atoms with van der Waals surface area (Å²) in [6.45, 7) is 5.50. The lowest BCUT2D eigenvalue weighted by molar-refractivity contribution is 0.0342. The normalized spacial score (nSPS) is 13.0. The van der Waals surface area contributed by atoms with Crippen LogP contribution in [-0.4, -0.2) is 45.7 Å². The van der Waals surface area contributed by atoms with E-state index in [4.69, 9.17) is 14.2 Å². The van der Waals surface area contributed by atoms with Crippen LogP contribution in [0.3, 0.4) is 0 Å². The molecule has 1 saturated heterocycles. The van der Waals surface area contributed by atoms with Crippen molar-refractivity contribution in [2.24, 2.45) is 0 Å². The lowest BCUT2D eigenvalue weighted by Gasteiger charge is -2.26. The van der Waals surface area contributed by atoms with Crippen molar-refractivity contribution in [2.45, 2.75) is 32.7 Å². The van der Waals surface area contributed by atoms with Crippen LogP contribution in [0.1, 0.15) is 33.5 Å². The van der Waals surface area contributed by atoms with Crippen molar-refractivity contribution in [2.75, 3.05) is 26.3 Å². The molecule has 0 bridgehead atoms. The SMILES string of the molecule is O=c1cc(C#Cc2ccc(CN3CCOCC3)cc2)ccn1CCc1ncnc(OCc2ccccc2)c1OCc1ccccc1. The van der Waals surface area contributed by atoms with E-state index in [9.17, 15) is 4.79 Å². The number of hydrogen-bond acceptors (Lipinski definition) is 7. The smallest absolute Gasteiger partial charge is 0.260 e. The van der Waals surface area contributed by atoms with Crippen molar-refractivity contribution in [1.82, 2.24) is 19.4 Å². The van der Waals surface area contributed by atoms with Crippen LogP contribution in [0.4, 0.5) is 0 Å². The number of hydrogen-bond donors (Lipinski definition) is 0. The van der Waals surface area contributed by atoms with Crippen LogP contribution in [0.2, 0.25) is 0 Å². The summed E-state index contributed by atoms with van der Waals surface area (Å²) in [4.78, 5) is 24.3. The number of morpholine rings is 1. The lowest BCUT2D eigenvalue weighted by atomic mass is 10.1. The van der Waals surface area contributed by atoms with Gasteiger partial charge in [-0.2, -0.15) is 4.98 Å². The molecule has 0 saturated carbocycles. The topological polar surface area (TPSA) is 78.7 Å². The quantitative estimate of drug-likeness (QED) is 0.188. The van der Waals surface area contributed by atoms with Gasteiger partial charge in [-0.05, 0) is 34.9 Å². The average Bonchev–Trinajstić information content (AvgIpc) is 3.11. The Morgan fingerprint density at radius 1 is 0.739 bits per heavy atom. The van der Waals surface area contributed by atoms with E-state index in [-0.39, 0.29) is 5.56 Å². The molecule has 0 atom stereocenters. The molecule has 0 aliphatic carbocycles. The summed E-state index contributed by atoms with van der Waals surface area (Å²) in [6, 6.07) is 31.5. The molecule has 3 heterocycles. The molecule has 3 aromatic carbocycles. The van der Waals surface area contributed by atoms with E-state index >= 15 is 0 Å². The highest BCUT2D eigenvalue weighted by molar-refractivity contribution is 5.43. The van der Waals surface area contributed by atoms with Gasteiger partial charge in [0.05, 0.1) is 18.9 Å². The van der Waals surface area contributed by atoms with Crippen LogP contribution in [0, 0.1) is 11.8 Å². The van der Waals surface area contributed by atoms with Gasteiger partial charge in [-0.1, -0.05) is 84.6 Å². The highest BCUT2D eigenvalue weighted by Gasteiger charge is 2.16. The molecule has 8 nitrogen and oxygen atoms in total. The molecule has 6 rings (SSSR count). The maximum atomic E-state index is 13.0. The second kappa shape index (κ2) is 15.7. The second-order valence-electron chi connectivity index (χ2n) is 11.0. The number of ether oxygens (including phenoxy) is 3. The van der Waals surface area contributed by atoms with E-state index in [1.807, 2.05) is 78.9 Å². The number of aromatic nitrogens is 3. The minimum absolute atomic E-state index is 0.131. The van der Waals surface area contributed by atoms with Gasteiger partial charge in [0.2, 0.25) is 5.75 Å². The Morgan fingerprint density at radius 3 is 2.11 bits per heavy atom. The Hall–Kier alpha value is -5.23. The Labute approximate surface area is 269 Å². The number of pyridine rings is 1. The van der Waals surface area contributed by atoms with Crippen LogP contribution in [0.15, 0.2) is 114 Å². The van der Waals surface area contributed by atoms with Gasteiger partial charge in [-0.3, -0.25) is 9.69 Å². The first-order valence-electron chi connectivity index (χ1n) is 15.5. The summed E-state index contributed by atoms with van der Waals surface area (Å²) in [5.41, 5.74) is 5.41. The van der Waals surface area contributed by atoms with Crippen molar-refractivity contribution in [3.05, 3.63) is 153 Å². The van der Waals surface area contributed by atoms with Crippen LogP contribution in [-0.2, 0) is 37.5 Å². The third-order valence-corrected chi connectivity index (χ3v) is 7.69. The van der Waals surface area contributed by atoms with Crippen LogP contribution >= 0.6 is 0 Å². The molecule has 1 fully saturated rings. The van der Waals surface area contributed by atoms with Crippen LogP contribution < -0.4 is 15.0 Å². The number of aryl methyl sites for hydroxylation is 2. The minimum atomic E-state index is -0.131. The molecule has 0 spiro atoms. The van der Waals surface area contributed by atoms with Crippen molar-refractivity contribution < 1.29 is 14.2 Å². The maximum absolute atomic E-state index is 13.0. The van der Waals surface area contributed by atoms with Crippen molar-refractivity contribution in [1.29, 1.82) is 0 Å². The van der Waals surface area contributed by atoms with Gasteiger partial charge < -0.3 is 18.8 Å². The monoisotopic (exact) mass is 612 g/mol. The molecule has 1 aliphatic heterocycles. The zero-order valence-corrected chi connectivity index (χ0v) is 25.7. The van der Waals surface area contributed by atoms with E-state index in [2.05, 4.69) is 38.8 Å².